The molecular formula is C16H13NO5. The SMILES string of the molecule is COc1cc(OC)c2[nH]c3c(C(=O)O)cccc3c(=O)c2c1. The van der Waals surface area contributed by atoms with Crippen LogP contribution in [-0.4, -0.2) is 30.3 Å². The summed E-state index contributed by atoms with van der Waals surface area (Å²) in [5.74, 6) is -0.204. The summed E-state index contributed by atoms with van der Waals surface area (Å²) in [5.41, 5.74) is 0.476. The van der Waals surface area contributed by atoms with Gasteiger partial charge in [-0.05, 0) is 18.2 Å². The molecule has 0 fully saturated rings. The molecule has 0 amide bonds. The number of hydrogen-bond donors (Lipinski definition) is 2. The number of aromatic amines is 1. The van der Waals surface area contributed by atoms with Gasteiger partial charge in [0.25, 0.3) is 0 Å². The minimum absolute atomic E-state index is 0.0365. The van der Waals surface area contributed by atoms with Crippen molar-refractivity contribution in [1.82, 2.24) is 4.98 Å². The molecule has 6 heteroatoms. The Morgan fingerprint density at radius 1 is 1.09 bits per heavy atom. The predicted octanol–water partition coefficient (Wildman–Crippen LogP) is 2.40. The zero-order valence-corrected chi connectivity index (χ0v) is 12.0. The van der Waals surface area contributed by atoms with Gasteiger partial charge in [-0.2, -0.15) is 0 Å². The highest BCUT2D eigenvalue weighted by Gasteiger charge is 2.16. The maximum absolute atomic E-state index is 12.7. The van der Waals surface area contributed by atoms with E-state index in [0.717, 1.165) is 0 Å². The number of rotatable bonds is 3. The number of carboxylic acid groups (broad SMARTS) is 1. The van der Waals surface area contributed by atoms with Gasteiger partial charge in [-0.15, -0.1) is 0 Å². The van der Waals surface area contributed by atoms with Gasteiger partial charge in [0, 0.05) is 11.5 Å². The summed E-state index contributed by atoms with van der Waals surface area (Å²) in [5, 5.41) is 9.97. The fraction of sp³-hybridized carbons (Fsp3) is 0.125. The number of carboxylic acids is 1. The van der Waals surface area contributed by atoms with Crippen LogP contribution in [0.3, 0.4) is 0 Å². The Morgan fingerprint density at radius 2 is 1.86 bits per heavy atom. The molecular weight excluding hydrogens is 286 g/mol. The highest BCUT2D eigenvalue weighted by Crippen LogP contribution is 2.30. The Balaban J connectivity index is 2.55. The summed E-state index contributed by atoms with van der Waals surface area (Å²) in [4.78, 5) is 27.0. The first-order chi connectivity index (χ1) is 10.6. The minimum atomic E-state index is -1.10. The molecule has 3 rings (SSSR count). The molecule has 6 nitrogen and oxygen atoms in total. The quantitative estimate of drug-likeness (QED) is 0.725. The molecule has 0 aliphatic rings. The molecule has 1 aromatic heterocycles. The lowest BCUT2D eigenvalue weighted by Crippen LogP contribution is -2.09. The number of H-pyrrole nitrogens is 1. The van der Waals surface area contributed by atoms with Gasteiger partial charge in [0.05, 0.1) is 36.2 Å². The normalized spacial score (nSPS) is 10.8. The summed E-state index contributed by atoms with van der Waals surface area (Å²) in [6.07, 6.45) is 0. The molecule has 0 radical (unpaired) electrons. The molecule has 2 aromatic carbocycles. The van der Waals surface area contributed by atoms with Crippen LogP contribution in [0.25, 0.3) is 21.8 Å². The number of fused-ring (bicyclic) bond motifs is 2. The molecule has 3 aromatic rings. The topological polar surface area (TPSA) is 88.6 Å². The largest absolute Gasteiger partial charge is 0.497 e. The number of nitrogens with one attached hydrogen (secondary N) is 1. The van der Waals surface area contributed by atoms with Gasteiger partial charge < -0.3 is 19.6 Å². The van der Waals surface area contributed by atoms with Crippen molar-refractivity contribution < 1.29 is 19.4 Å². The van der Waals surface area contributed by atoms with Crippen LogP contribution in [0, 0.1) is 0 Å². The molecule has 0 aliphatic heterocycles. The van der Waals surface area contributed by atoms with Gasteiger partial charge in [-0.1, -0.05) is 6.07 Å². The van der Waals surface area contributed by atoms with Crippen LogP contribution in [0.15, 0.2) is 35.1 Å². The lowest BCUT2D eigenvalue weighted by molar-refractivity contribution is 0.0699. The summed E-state index contributed by atoms with van der Waals surface area (Å²) >= 11 is 0. The van der Waals surface area contributed by atoms with E-state index in [4.69, 9.17) is 9.47 Å². The summed E-state index contributed by atoms with van der Waals surface area (Å²) in [6.45, 7) is 0. The van der Waals surface area contributed by atoms with E-state index >= 15 is 0 Å². The maximum Gasteiger partial charge on any atom is 0.337 e. The first-order valence-corrected chi connectivity index (χ1v) is 6.51. The van der Waals surface area contributed by atoms with Crippen LogP contribution < -0.4 is 14.9 Å². The number of para-hydroxylation sites is 1. The van der Waals surface area contributed by atoms with Crippen LogP contribution >= 0.6 is 0 Å². The summed E-state index contributed by atoms with van der Waals surface area (Å²) in [6, 6.07) is 7.82. The van der Waals surface area contributed by atoms with Crippen molar-refractivity contribution in [3.63, 3.8) is 0 Å². The zero-order valence-electron chi connectivity index (χ0n) is 12.0. The number of ether oxygens (including phenoxy) is 2. The van der Waals surface area contributed by atoms with Gasteiger partial charge in [0.1, 0.15) is 11.5 Å². The number of pyridine rings is 1. The molecule has 22 heavy (non-hydrogen) atoms. The first-order valence-electron chi connectivity index (χ1n) is 6.51. The second-order valence-corrected chi connectivity index (χ2v) is 4.74. The third kappa shape index (κ3) is 1.96. The smallest absolute Gasteiger partial charge is 0.337 e. The number of benzene rings is 2. The number of carbonyl (C=O) groups is 1. The molecule has 2 N–H and O–H groups in total. The lowest BCUT2D eigenvalue weighted by Gasteiger charge is -2.10. The van der Waals surface area contributed by atoms with Crippen LogP contribution in [-0.2, 0) is 0 Å². The van der Waals surface area contributed by atoms with E-state index in [0.29, 0.717) is 27.8 Å². The van der Waals surface area contributed by atoms with E-state index in [1.807, 2.05) is 0 Å². The third-order valence-electron chi connectivity index (χ3n) is 3.57. The molecule has 0 aliphatic carbocycles. The van der Waals surface area contributed by atoms with Crippen molar-refractivity contribution in [2.24, 2.45) is 0 Å². The summed E-state index contributed by atoms with van der Waals surface area (Å²) in [7, 11) is 2.97. The first kappa shape index (κ1) is 13.9. The molecule has 1 heterocycles. The van der Waals surface area contributed by atoms with Crippen molar-refractivity contribution in [2.75, 3.05) is 14.2 Å². The molecule has 0 saturated carbocycles. The average molecular weight is 299 g/mol. The summed E-state index contributed by atoms with van der Waals surface area (Å²) < 4.78 is 10.4. The number of aromatic carboxylic acids is 1. The van der Waals surface area contributed by atoms with E-state index in [-0.39, 0.29) is 16.5 Å². The van der Waals surface area contributed by atoms with Crippen LogP contribution in [0.5, 0.6) is 11.5 Å². The van der Waals surface area contributed by atoms with Crippen molar-refractivity contribution in [3.05, 3.63) is 46.1 Å². The fourth-order valence-corrected chi connectivity index (χ4v) is 2.50. The van der Waals surface area contributed by atoms with E-state index in [1.165, 1.54) is 20.3 Å². The van der Waals surface area contributed by atoms with Gasteiger partial charge >= 0.3 is 5.97 Å². The molecule has 112 valence electrons. The van der Waals surface area contributed by atoms with Crippen molar-refractivity contribution >= 4 is 27.8 Å². The van der Waals surface area contributed by atoms with Crippen molar-refractivity contribution in [3.8, 4) is 11.5 Å². The Kier molecular flexibility index (Phi) is 3.21. The van der Waals surface area contributed by atoms with Crippen LogP contribution in [0.4, 0.5) is 0 Å². The van der Waals surface area contributed by atoms with Crippen molar-refractivity contribution in [1.29, 1.82) is 0 Å². The van der Waals surface area contributed by atoms with Crippen LogP contribution in [0.2, 0.25) is 0 Å². The molecule has 0 spiro atoms. The highest BCUT2D eigenvalue weighted by molar-refractivity contribution is 6.05. The molecule has 0 atom stereocenters. The van der Waals surface area contributed by atoms with Gasteiger partial charge in [-0.25, -0.2) is 4.79 Å². The minimum Gasteiger partial charge on any atom is -0.497 e. The van der Waals surface area contributed by atoms with Gasteiger partial charge in [0.2, 0.25) is 0 Å². The number of methoxy groups -OCH3 is 2. The zero-order chi connectivity index (χ0) is 15.9. The van der Waals surface area contributed by atoms with E-state index < -0.39 is 5.97 Å². The number of aromatic nitrogens is 1. The Labute approximate surface area is 124 Å². The lowest BCUT2D eigenvalue weighted by atomic mass is 10.1. The second-order valence-electron chi connectivity index (χ2n) is 4.74. The van der Waals surface area contributed by atoms with Gasteiger partial charge in [-0.3, -0.25) is 4.79 Å². The van der Waals surface area contributed by atoms with E-state index in [1.54, 1.807) is 24.3 Å². The van der Waals surface area contributed by atoms with E-state index in [2.05, 4.69) is 4.98 Å². The van der Waals surface area contributed by atoms with Gasteiger partial charge in [0.15, 0.2) is 5.43 Å². The predicted molar refractivity (Wildman–Crippen MR) is 82.1 cm³/mol. The Bertz CT molecular complexity index is 958. The molecule has 0 unspecified atom stereocenters. The Hall–Kier alpha value is -3.02. The standard InChI is InChI=1S/C16H13NO5/c1-21-8-6-11-14(12(7-8)22-2)17-13-9(15(11)18)4-3-5-10(13)16(19)20/h3-7H,1-2H3,(H,17,18)(H,19,20). The third-order valence-corrected chi connectivity index (χ3v) is 3.57. The second kappa shape index (κ2) is 5.07. The fourth-order valence-electron chi connectivity index (χ4n) is 2.50. The monoisotopic (exact) mass is 299 g/mol. The number of hydrogen-bond acceptors (Lipinski definition) is 4. The maximum atomic E-state index is 12.7. The average Bonchev–Trinajstić information content (AvgIpc) is 2.53. The molecule has 0 bridgehead atoms. The van der Waals surface area contributed by atoms with Crippen molar-refractivity contribution in [2.45, 2.75) is 0 Å². The molecule has 0 saturated heterocycles. The Morgan fingerprint density at radius 3 is 2.50 bits per heavy atom. The van der Waals surface area contributed by atoms with Crippen LogP contribution in [0.1, 0.15) is 10.4 Å². The van der Waals surface area contributed by atoms with E-state index in [9.17, 15) is 14.7 Å². The highest BCUT2D eigenvalue weighted by atomic mass is 16.5.